The summed E-state index contributed by atoms with van der Waals surface area (Å²) in [6.45, 7) is 6.00. The zero-order valence-corrected chi connectivity index (χ0v) is 18.4. The number of hydrogen-bond acceptors (Lipinski definition) is 4. The standard InChI is InChI=1S/C24H29N3OS/c1-4-21(23(28)27-22-16(2)10-9-11-17(22)3)29-24-19(15-25)14-18-12-7-5-6-8-13-20(18)26-24/h9-11,14,21H,4-8,12-13H2,1-3H3,(H,27,28). The Balaban J connectivity index is 1.83. The number of pyridine rings is 1. The highest BCUT2D eigenvalue weighted by Crippen LogP contribution is 2.31. The van der Waals surface area contributed by atoms with E-state index >= 15 is 0 Å². The zero-order chi connectivity index (χ0) is 20.8. The maximum atomic E-state index is 13.0. The van der Waals surface area contributed by atoms with E-state index in [4.69, 9.17) is 4.98 Å². The van der Waals surface area contributed by atoms with Crippen molar-refractivity contribution in [3.05, 3.63) is 52.2 Å². The fourth-order valence-electron chi connectivity index (χ4n) is 3.81. The first kappa shape index (κ1) is 21.4. The van der Waals surface area contributed by atoms with Gasteiger partial charge in [0.15, 0.2) is 0 Å². The molecule has 4 nitrogen and oxygen atoms in total. The van der Waals surface area contributed by atoms with Crippen LogP contribution >= 0.6 is 11.8 Å². The Bertz CT molecular complexity index is 912. The van der Waals surface area contributed by atoms with Gasteiger partial charge in [0.05, 0.1) is 10.8 Å². The third-order valence-corrected chi connectivity index (χ3v) is 6.90. The van der Waals surface area contributed by atoms with Gasteiger partial charge >= 0.3 is 0 Å². The molecule has 1 aromatic carbocycles. The van der Waals surface area contributed by atoms with E-state index in [0.717, 1.165) is 48.2 Å². The Hall–Kier alpha value is -2.32. The molecule has 152 valence electrons. The van der Waals surface area contributed by atoms with Crippen LogP contribution in [0.3, 0.4) is 0 Å². The molecule has 0 saturated heterocycles. The number of nitrogens with zero attached hydrogens (tertiary/aromatic N) is 2. The van der Waals surface area contributed by atoms with Crippen LogP contribution < -0.4 is 5.32 Å². The number of anilines is 1. The summed E-state index contributed by atoms with van der Waals surface area (Å²) in [6, 6.07) is 10.3. The lowest BCUT2D eigenvalue weighted by atomic mass is 9.96. The molecule has 0 saturated carbocycles. The molecule has 1 N–H and O–H groups in total. The minimum atomic E-state index is -0.291. The average molecular weight is 408 g/mol. The number of hydrogen-bond donors (Lipinski definition) is 1. The number of amides is 1. The van der Waals surface area contributed by atoms with Gasteiger partial charge in [0.25, 0.3) is 0 Å². The van der Waals surface area contributed by atoms with Crippen LogP contribution in [-0.2, 0) is 17.6 Å². The molecular formula is C24H29N3OS. The highest BCUT2D eigenvalue weighted by molar-refractivity contribution is 8.00. The van der Waals surface area contributed by atoms with Crippen LogP contribution in [-0.4, -0.2) is 16.1 Å². The van der Waals surface area contributed by atoms with Crippen molar-refractivity contribution < 1.29 is 4.79 Å². The first-order valence-electron chi connectivity index (χ1n) is 10.5. The molecule has 0 bridgehead atoms. The van der Waals surface area contributed by atoms with Crippen molar-refractivity contribution in [2.45, 2.75) is 76.0 Å². The van der Waals surface area contributed by atoms with Crippen LogP contribution in [0.2, 0.25) is 0 Å². The van der Waals surface area contributed by atoms with Crippen molar-refractivity contribution in [1.82, 2.24) is 4.98 Å². The molecule has 1 unspecified atom stereocenters. The first-order chi connectivity index (χ1) is 14.0. The number of benzene rings is 1. The maximum Gasteiger partial charge on any atom is 0.237 e. The second-order valence-corrected chi connectivity index (χ2v) is 8.94. The van der Waals surface area contributed by atoms with Crippen LogP contribution in [0.4, 0.5) is 5.69 Å². The molecule has 2 aromatic rings. The summed E-state index contributed by atoms with van der Waals surface area (Å²) in [5, 5.41) is 13.2. The zero-order valence-electron chi connectivity index (χ0n) is 17.5. The minimum Gasteiger partial charge on any atom is -0.325 e. The van der Waals surface area contributed by atoms with E-state index < -0.39 is 0 Å². The van der Waals surface area contributed by atoms with E-state index in [9.17, 15) is 10.1 Å². The van der Waals surface area contributed by atoms with E-state index in [-0.39, 0.29) is 11.2 Å². The number of aryl methyl sites for hydroxylation is 4. The van der Waals surface area contributed by atoms with Crippen molar-refractivity contribution in [3.8, 4) is 6.07 Å². The third kappa shape index (κ3) is 5.19. The molecule has 1 amide bonds. The van der Waals surface area contributed by atoms with Crippen molar-refractivity contribution >= 4 is 23.4 Å². The van der Waals surface area contributed by atoms with Crippen molar-refractivity contribution in [1.29, 1.82) is 5.26 Å². The second kappa shape index (κ2) is 9.93. The van der Waals surface area contributed by atoms with Gasteiger partial charge in [-0.25, -0.2) is 4.98 Å². The highest BCUT2D eigenvalue weighted by Gasteiger charge is 2.23. The number of nitrogens with one attached hydrogen (secondary N) is 1. The SMILES string of the molecule is CCC(Sc1nc2c(cc1C#N)CCCCCC2)C(=O)Nc1c(C)cccc1C. The molecule has 29 heavy (non-hydrogen) atoms. The molecule has 0 aliphatic heterocycles. The summed E-state index contributed by atoms with van der Waals surface area (Å²) in [7, 11) is 0. The fraction of sp³-hybridized carbons (Fsp3) is 0.458. The van der Waals surface area contributed by atoms with E-state index in [0.29, 0.717) is 17.0 Å². The van der Waals surface area contributed by atoms with Gasteiger partial charge in [0, 0.05) is 11.4 Å². The summed E-state index contributed by atoms with van der Waals surface area (Å²) in [4.78, 5) is 17.9. The second-order valence-electron chi connectivity index (χ2n) is 7.74. The van der Waals surface area contributed by atoms with Crippen LogP contribution in [0.5, 0.6) is 0 Å². The Morgan fingerprint density at radius 1 is 1.21 bits per heavy atom. The number of rotatable bonds is 5. The smallest absolute Gasteiger partial charge is 0.237 e. The molecule has 0 fully saturated rings. The first-order valence-corrected chi connectivity index (χ1v) is 11.4. The summed E-state index contributed by atoms with van der Waals surface area (Å²) in [6.07, 6.45) is 7.40. The van der Waals surface area contributed by atoms with Crippen LogP contribution in [0.15, 0.2) is 29.3 Å². The molecule has 5 heteroatoms. The number of carbonyl (C=O) groups excluding carboxylic acids is 1. The summed E-state index contributed by atoms with van der Waals surface area (Å²) >= 11 is 1.42. The van der Waals surface area contributed by atoms with Gasteiger partial charge in [-0.15, -0.1) is 0 Å². The Labute approximate surface area is 178 Å². The van der Waals surface area contributed by atoms with Crippen LogP contribution in [0.25, 0.3) is 0 Å². The molecule has 1 atom stereocenters. The summed E-state index contributed by atoms with van der Waals surface area (Å²) < 4.78 is 0. The molecule has 1 heterocycles. The number of carbonyl (C=O) groups is 1. The molecule has 0 spiro atoms. The molecule has 3 rings (SSSR count). The molecule has 1 aromatic heterocycles. The number of aromatic nitrogens is 1. The number of para-hydroxylation sites is 1. The molecular weight excluding hydrogens is 378 g/mol. The monoisotopic (exact) mass is 407 g/mol. The topological polar surface area (TPSA) is 65.8 Å². The Kier molecular flexibility index (Phi) is 7.33. The van der Waals surface area contributed by atoms with Gasteiger partial charge in [-0.1, -0.05) is 49.7 Å². The average Bonchev–Trinajstić information content (AvgIpc) is 2.69. The van der Waals surface area contributed by atoms with E-state index in [1.54, 1.807) is 0 Å². The minimum absolute atomic E-state index is 0.0349. The van der Waals surface area contributed by atoms with E-state index in [1.807, 2.05) is 45.0 Å². The Morgan fingerprint density at radius 3 is 2.55 bits per heavy atom. The van der Waals surface area contributed by atoms with Crippen molar-refractivity contribution in [3.63, 3.8) is 0 Å². The van der Waals surface area contributed by atoms with Gasteiger partial charge in [-0.2, -0.15) is 5.26 Å². The van der Waals surface area contributed by atoms with E-state index in [2.05, 4.69) is 11.4 Å². The third-order valence-electron chi connectivity index (χ3n) is 5.53. The fourth-order valence-corrected chi connectivity index (χ4v) is 4.81. The summed E-state index contributed by atoms with van der Waals surface area (Å²) in [5.41, 5.74) is 5.89. The number of thioether (sulfide) groups is 1. The number of fused-ring (bicyclic) bond motifs is 1. The maximum absolute atomic E-state index is 13.0. The van der Waals surface area contributed by atoms with Gasteiger partial charge in [-0.05, 0) is 68.7 Å². The molecule has 1 aliphatic carbocycles. The van der Waals surface area contributed by atoms with Gasteiger partial charge in [-0.3, -0.25) is 4.79 Å². The predicted molar refractivity (Wildman–Crippen MR) is 119 cm³/mol. The van der Waals surface area contributed by atoms with Crippen molar-refractivity contribution in [2.75, 3.05) is 5.32 Å². The molecule has 1 aliphatic rings. The molecule has 0 radical (unpaired) electrons. The summed E-state index contributed by atoms with van der Waals surface area (Å²) in [5.74, 6) is -0.0349. The quantitative estimate of drug-likeness (QED) is 0.642. The number of nitriles is 1. The normalized spacial score (nSPS) is 14.8. The lowest BCUT2D eigenvalue weighted by Gasteiger charge is -2.19. The lowest BCUT2D eigenvalue weighted by molar-refractivity contribution is -0.115. The van der Waals surface area contributed by atoms with Gasteiger partial charge in [0.2, 0.25) is 5.91 Å². The van der Waals surface area contributed by atoms with Gasteiger partial charge < -0.3 is 5.32 Å². The van der Waals surface area contributed by atoms with Crippen LogP contribution in [0, 0.1) is 25.2 Å². The lowest BCUT2D eigenvalue weighted by Crippen LogP contribution is -2.25. The van der Waals surface area contributed by atoms with E-state index in [1.165, 1.54) is 30.2 Å². The van der Waals surface area contributed by atoms with Gasteiger partial charge in [0.1, 0.15) is 11.1 Å². The van der Waals surface area contributed by atoms with Crippen LogP contribution in [0.1, 0.15) is 67.0 Å². The Morgan fingerprint density at radius 2 is 1.90 bits per heavy atom. The highest BCUT2D eigenvalue weighted by atomic mass is 32.2. The van der Waals surface area contributed by atoms with Crippen molar-refractivity contribution in [2.24, 2.45) is 0 Å². The largest absolute Gasteiger partial charge is 0.325 e. The predicted octanol–water partition coefficient (Wildman–Crippen LogP) is 5.74.